The number of halogens is 1. The Morgan fingerprint density at radius 2 is 1.89 bits per heavy atom. The van der Waals surface area contributed by atoms with E-state index in [9.17, 15) is 13.9 Å². The van der Waals surface area contributed by atoms with E-state index in [2.05, 4.69) is 37.5 Å². The molecule has 7 heteroatoms. The lowest BCUT2D eigenvalue weighted by Crippen LogP contribution is -2.39. The maximum absolute atomic E-state index is 12.6. The van der Waals surface area contributed by atoms with Gasteiger partial charge in [-0.3, -0.25) is 13.9 Å². The van der Waals surface area contributed by atoms with E-state index in [-0.39, 0.29) is 29.8 Å². The first-order valence-corrected chi connectivity index (χ1v) is 11.4. The summed E-state index contributed by atoms with van der Waals surface area (Å²) in [4.78, 5) is 12.6. The average Bonchev–Trinajstić information content (AvgIpc) is 3.34. The van der Waals surface area contributed by atoms with Gasteiger partial charge in [0.1, 0.15) is 0 Å². The number of hydrogen-bond donors (Lipinski definition) is 4. The molecule has 27 heavy (non-hydrogen) atoms. The summed E-state index contributed by atoms with van der Waals surface area (Å²) in [5.74, 6) is 1.21. The molecule has 3 rings (SSSR count). The Labute approximate surface area is 170 Å². The van der Waals surface area contributed by atoms with Crippen molar-refractivity contribution in [2.24, 2.45) is 5.41 Å². The van der Waals surface area contributed by atoms with Crippen molar-refractivity contribution in [3.05, 3.63) is 35.4 Å². The molecule has 2 unspecified atom stereocenters. The smallest absolute Gasteiger partial charge is 0.251 e. The molecule has 1 aliphatic heterocycles. The second-order valence-corrected chi connectivity index (χ2v) is 11.4. The van der Waals surface area contributed by atoms with E-state index in [1.807, 2.05) is 18.2 Å². The first-order valence-electron chi connectivity index (χ1n) is 9.51. The zero-order valence-corrected chi connectivity index (χ0v) is 18.0. The molecule has 5 nitrogen and oxygen atoms in total. The van der Waals surface area contributed by atoms with E-state index in [0.29, 0.717) is 41.9 Å². The van der Waals surface area contributed by atoms with E-state index in [0.717, 1.165) is 13.0 Å². The summed E-state index contributed by atoms with van der Waals surface area (Å²) < 4.78 is 19.4. The van der Waals surface area contributed by atoms with Crippen LogP contribution in [-0.4, -0.2) is 45.1 Å². The number of hydrogen-bond acceptors (Lipinski definition) is 4. The third-order valence-electron chi connectivity index (χ3n) is 5.18. The van der Waals surface area contributed by atoms with Crippen molar-refractivity contribution in [3.63, 3.8) is 0 Å². The predicted molar refractivity (Wildman–Crippen MR) is 115 cm³/mol. The van der Waals surface area contributed by atoms with Crippen molar-refractivity contribution in [1.29, 1.82) is 0 Å². The van der Waals surface area contributed by atoms with Crippen molar-refractivity contribution in [3.8, 4) is 0 Å². The highest BCUT2D eigenvalue weighted by atomic mass is 35.5. The van der Waals surface area contributed by atoms with Crippen LogP contribution in [0.1, 0.15) is 61.9 Å². The van der Waals surface area contributed by atoms with Crippen LogP contribution in [0.3, 0.4) is 0 Å². The van der Waals surface area contributed by atoms with E-state index in [1.165, 1.54) is 5.56 Å². The minimum atomic E-state index is -2.41. The lowest BCUT2D eigenvalue weighted by atomic mass is 9.97. The maximum Gasteiger partial charge on any atom is 0.251 e. The molecule has 2 fully saturated rings. The Morgan fingerprint density at radius 3 is 2.52 bits per heavy atom. The summed E-state index contributed by atoms with van der Waals surface area (Å²) in [7, 11) is -2.41. The van der Waals surface area contributed by atoms with E-state index >= 15 is 0 Å². The molecule has 1 amide bonds. The summed E-state index contributed by atoms with van der Waals surface area (Å²) in [6.07, 6.45) is 2.39. The molecule has 2 atom stereocenters. The van der Waals surface area contributed by atoms with Gasteiger partial charge in [-0.2, -0.15) is 10.6 Å². The van der Waals surface area contributed by atoms with E-state index in [1.54, 1.807) is 0 Å². The second kappa shape index (κ2) is 8.70. The van der Waals surface area contributed by atoms with E-state index in [4.69, 9.17) is 0 Å². The van der Waals surface area contributed by atoms with Crippen molar-refractivity contribution in [2.45, 2.75) is 58.0 Å². The summed E-state index contributed by atoms with van der Waals surface area (Å²) >= 11 is 0. The first-order chi connectivity index (χ1) is 12.1. The summed E-state index contributed by atoms with van der Waals surface area (Å²) in [5.41, 5.74) is 2.19. The van der Waals surface area contributed by atoms with Crippen LogP contribution in [0.25, 0.3) is 0 Å². The van der Waals surface area contributed by atoms with Crippen LogP contribution in [0, 0.1) is 5.41 Å². The molecule has 1 heterocycles. The van der Waals surface area contributed by atoms with Gasteiger partial charge in [0.15, 0.2) is 0 Å². The fraction of sp³-hybridized carbons (Fsp3) is 0.650. The average molecular weight is 417 g/mol. The molecule has 1 saturated carbocycles. The molecule has 1 aromatic rings. The molecular weight excluding hydrogens is 384 g/mol. The Balaban J connectivity index is 0.00000261. The summed E-state index contributed by atoms with van der Waals surface area (Å²) in [6.45, 7) is 7.68. The van der Waals surface area contributed by atoms with E-state index < -0.39 is 10.6 Å². The normalized spacial score (nSPS) is 26.0. The molecular formula is C20H33ClN2O3S. The highest BCUT2D eigenvalue weighted by Gasteiger charge is 2.38. The molecule has 1 saturated heterocycles. The molecule has 0 aromatic heterocycles. The number of nitrogens with one attached hydrogen (secondary N) is 2. The molecule has 4 N–H and O–H groups in total. The largest absolute Gasteiger partial charge is 0.349 e. The molecule has 1 aliphatic carbocycles. The zero-order chi connectivity index (χ0) is 18.9. The molecule has 1 aromatic carbocycles. The molecule has 2 aliphatic rings. The monoisotopic (exact) mass is 416 g/mol. The number of rotatable bonds is 5. The standard InChI is InChI=1S/C20H32N2O3S.ClH/c1-20(2,3)13-21-18-12-17(18)14-5-4-6-15(11-14)19(23)22-16-7-9-26(24,25)10-8-16;/h4-6,11,16-18,21,24-25H,7-10,12-13H2,1-3H3,(H,22,23);1H. The van der Waals surface area contributed by atoms with Gasteiger partial charge >= 0.3 is 0 Å². The summed E-state index contributed by atoms with van der Waals surface area (Å²) in [5, 5.41) is 6.67. The topological polar surface area (TPSA) is 81.6 Å². The minimum Gasteiger partial charge on any atom is -0.349 e. The van der Waals surface area contributed by atoms with Gasteiger partial charge in [0.05, 0.1) is 0 Å². The van der Waals surface area contributed by atoms with Crippen LogP contribution in [0.4, 0.5) is 0 Å². The third kappa shape index (κ3) is 6.64. The van der Waals surface area contributed by atoms with Crippen molar-refractivity contribution < 1.29 is 13.9 Å². The number of carbonyl (C=O) groups excluding carboxylic acids is 1. The quantitative estimate of drug-likeness (QED) is 0.578. The van der Waals surface area contributed by atoms with Crippen LogP contribution < -0.4 is 10.6 Å². The molecule has 154 valence electrons. The minimum absolute atomic E-state index is 0. The number of carbonyl (C=O) groups is 1. The Morgan fingerprint density at radius 1 is 1.22 bits per heavy atom. The van der Waals surface area contributed by atoms with Gasteiger partial charge < -0.3 is 10.6 Å². The second-order valence-electron chi connectivity index (χ2n) is 8.97. The third-order valence-corrected chi connectivity index (χ3v) is 6.96. The van der Waals surface area contributed by atoms with Gasteiger partial charge in [0.25, 0.3) is 5.91 Å². The van der Waals surface area contributed by atoms with Gasteiger partial charge in [-0.15, -0.1) is 12.4 Å². The van der Waals surface area contributed by atoms with Gasteiger partial charge in [-0.1, -0.05) is 32.9 Å². The zero-order valence-electron chi connectivity index (χ0n) is 16.4. The first kappa shape index (κ1) is 22.5. The lowest BCUT2D eigenvalue weighted by molar-refractivity contribution is 0.0933. The molecule has 0 bridgehead atoms. The van der Waals surface area contributed by atoms with Crippen LogP contribution in [0.15, 0.2) is 24.3 Å². The van der Waals surface area contributed by atoms with Gasteiger partial charge in [0.2, 0.25) is 0 Å². The highest BCUT2D eigenvalue weighted by Crippen LogP contribution is 2.44. The van der Waals surface area contributed by atoms with Gasteiger partial charge in [0, 0.05) is 41.6 Å². The number of amides is 1. The SMILES string of the molecule is CC(C)(C)CNC1CC1c1cccc(C(=O)NC2CCS(O)(O)CC2)c1.Cl. The fourth-order valence-corrected chi connectivity index (χ4v) is 4.99. The Kier molecular flexibility index (Phi) is 7.25. The Hall–Kier alpha value is -0.790. The lowest BCUT2D eigenvalue weighted by Gasteiger charge is -2.39. The Bertz CT molecular complexity index is 653. The van der Waals surface area contributed by atoms with Crippen LogP contribution >= 0.6 is 23.0 Å². The maximum atomic E-state index is 12.6. The van der Waals surface area contributed by atoms with Gasteiger partial charge in [-0.05, 0) is 42.4 Å². The highest BCUT2D eigenvalue weighted by molar-refractivity contribution is 8.24. The van der Waals surface area contributed by atoms with Crippen LogP contribution in [-0.2, 0) is 0 Å². The molecule has 0 radical (unpaired) electrons. The van der Waals surface area contributed by atoms with Crippen molar-refractivity contribution in [1.82, 2.24) is 10.6 Å². The van der Waals surface area contributed by atoms with Crippen LogP contribution in [0.5, 0.6) is 0 Å². The van der Waals surface area contributed by atoms with Gasteiger partial charge in [-0.25, -0.2) is 0 Å². The van der Waals surface area contributed by atoms with Crippen molar-refractivity contribution in [2.75, 3.05) is 18.1 Å². The van der Waals surface area contributed by atoms with Crippen LogP contribution in [0.2, 0.25) is 0 Å². The fourth-order valence-electron chi connectivity index (χ4n) is 3.46. The molecule has 0 spiro atoms. The summed E-state index contributed by atoms with van der Waals surface area (Å²) in [6, 6.07) is 8.48. The van der Waals surface area contributed by atoms with Crippen molar-refractivity contribution >= 4 is 28.9 Å². The predicted octanol–water partition coefficient (Wildman–Crippen LogP) is 4.24. The number of benzene rings is 1.